The van der Waals surface area contributed by atoms with Crippen molar-refractivity contribution >= 4 is 45.9 Å². The van der Waals surface area contributed by atoms with Crippen LogP contribution in [0, 0.1) is 12.3 Å². The Hall–Kier alpha value is -3.20. The number of hydrogen-bond acceptors (Lipinski definition) is 6. The molecule has 2 aromatic heterocycles. The minimum absolute atomic E-state index is 0.108. The number of halogens is 2. The van der Waals surface area contributed by atoms with Crippen molar-refractivity contribution in [2.45, 2.75) is 19.9 Å². The fourth-order valence-corrected chi connectivity index (χ4v) is 4.83. The van der Waals surface area contributed by atoms with E-state index in [1.54, 1.807) is 18.2 Å². The molecule has 0 unspecified atom stereocenters. The summed E-state index contributed by atoms with van der Waals surface area (Å²) in [6.07, 6.45) is 2.54. The number of nitrogens with one attached hydrogen (secondary N) is 3. The van der Waals surface area contributed by atoms with Gasteiger partial charge in [-0.1, -0.05) is 29.3 Å². The van der Waals surface area contributed by atoms with Gasteiger partial charge in [-0.25, -0.2) is 14.3 Å². The summed E-state index contributed by atoms with van der Waals surface area (Å²) in [5.74, 6) is 0.328. The van der Waals surface area contributed by atoms with E-state index < -0.39 is 5.69 Å². The lowest BCUT2D eigenvalue weighted by Gasteiger charge is -2.27. The van der Waals surface area contributed by atoms with Crippen LogP contribution in [0.15, 0.2) is 41.3 Å². The van der Waals surface area contributed by atoms with Crippen molar-refractivity contribution in [2.24, 2.45) is 0 Å². The smallest absolute Gasteiger partial charge is 0.324 e. The summed E-state index contributed by atoms with van der Waals surface area (Å²) in [7, 11) is 2.11. The minimum Gasteiger partial charge on any atom is -0.324 e. The fourth-order valence-electron chi connectivity index (χ4n) is 4.27. The molecule has 0 spiro atoms. The quantitative estimate of drug-likeness (QED) is 0.411. The number of aromatic amines is 1. The number of nitrogens with zero attached hydrogens (tertiary/aromatic N) is 4. The number of anilines is 2. The molecule has 4 aromatic rings. The van der Waals surface area contributed by atoms with Crippen molar-refractivity contribution in [3.63, 3.8) is 0 Å². The van der Waals surface area contributed by atoms with Gasteiger partial charge in [-0.2, -0.15) is 4.98 Å². The van der Waals surface area contributed by atoms with Gasteiger partial charge in [0.15, 0.2) is 5.65 Å². The van der Waals surface area contributed by atoms with Gasteiger partial charge in [-0.15, -0.1) is 0 Å². The van der Waals surface area contributed by atoms with E-state index in [1.807, 2.05) is 0 Å². The number of para-hydroxylation sites is 1. The molecule has 33 heavy (non-hydrogen) atoms. The second-order valence-corrected chi connectivity index (χ2v) is 9.00. The topological polar surface area (TPSA) is 103 Å². The first-order valence-electron chi connectivity index (χ1n) is 10.4. The predicted octanol–water partition coefficient (Wildman–Crippen LogP) is 3.93. The molecule has 8 nitrogen and oxygen atoms in total. The third-order valence-corrected chi connectivity index (χ3v) is 6.47. The van der Waals surface area contributed by atoms with Crippen molar-refractivity contribution in [1.29, 1.82) is 5.41 Å². The van der Waals surface area contributed by atoms with Crippen molar-refractivity contribution < 1.29 is 0 Å². The number of fused-ring (bicyclic) bond motifs is 2. The zero-order valence-corrected chi connectivity index (χ0v) is 19.6. The third kappa shape index (κ3) is 3.90. The Morgan fingerprint density at radius 2 is 1.97 bits per heavy atom. The number of likely N-dealkylation sites (N-methyl/N-ethyl adjacent to an activating group) is 1. The number of rotatable bonds is 3. The van der Waals surface area contributed by atoms with E-state index in [0.29, 0.717) is 11.3 Å². The van der Waals surface area contributed by atoms with Crippen LogP contribution in [0.5, 0.6) is 0 Å². The highest BCUT2D eigenvalue weighted by atomic mass is 35.5. The molecular formula is C23H21Cl2N7O. The Kier molecular flexibility index (Phi) is 5.44. The van der Waals surface area contributed by atoms with Crippen LogP contribution >= 0.6 is 23.2 Å². The summed E-state index contributed by atoms with van der Waals surface area (Å²) in [6, 6.07) is 9.09. The van der Waals surface area contributed by atoms with Crippen LogP contribution in [0.4, 0.5) is 11.6 Å². The van der Waals surface area contributed by atoms with E-state index in [9.17, 15) is 4.79 Å². The maximum absolute atomic E-state index is 12.8. The van der Waals surface area contributed by atoms with Crippen molar-refractivity contribution in [3.05, 3.63) is 79.2 Å². The molecule has 0 fully saturated rings. The van der Waals surface area contributed by atoms with Crippen molar-refractivity contribution in [1.82, 2.24) is 24.4 Å². The molecule has 10 heteroatoms. The molecule has 0 saturated carbocycles. The zero-order valence-electron chi connectivity index (χ0n) is 18.0. The number of benzene rings is 2. The van der Waals surface area contributed by atoms with Gasteiger partial charge in [0.05, 0.1) is 21.1 Å². The molecule has 0 radical (unpaired) electrons. The average Bonchev–Trinajstić information content (AvgIpc) is 2.75. The maximum atomic E-state index is 12.8. The maximum Gasteiger partial charge on any atom is 0.333 e. The molecule has 1 aliphatic rings. The van der Waals surface area contributed by atoms with Crippen LogP contribution in [0.3, 0.4) is 0 Å². The molecule has 3 heterocycles. The molecular weight excluding hydrogens is 461 g/mol. The van der Waals surface area contributed by atoms with Crippen molar-refractivity contribution in [3.8, 4) is 5.69 Å². The lowest BCUT2D eigenvalue weighted by atomic mass is 9.94. The molecule has 0 saturated heterocycles. The molecule has 2 aromatic carbocycles. The van der Waals surface area contributed by atoms with E-state index in [4.69, 9.17) is 28.6 Å². The van der Waals surface area contributed by atoms with E-state index in [1.165, 1.54) is 22.9 Å². The van der Waals surface area contributed by atoms with Gasteiger partial charge in [0.2, 0.25) is 5.95 Å². The Balaban J connectivity index is 1.55. The zero-order chi connectivity index (χ0) is 23.3. The largest absolute Gasteiger partial charge is 0.333 e. The van der Waals surface area contributed by atoms with E-state index in [0.717, 1.165) is 29.8 Å². The van der Waals surface area contributed by atoms with E-state index >= 15 is 0 Å². The fraction of sp³-hybridized carbons (Fsp3) is 0.217. The van der Waals surface area contributed by atoms with Crippen LogP contribution < -0.4 is 16.5 Å². The number of hydrogen-bond donors (Lipinski definition) is 3. The Labute approximate surface area is 199 Å². The monoisotopic (exact) mass is 481 g/mol. The summed E-state index contributed by atoms with van der Waals surface area (Å²) in [5, 5.41) is 12.7. The molecule has 168 valence electrons. The van der Waals surface area contributed by atoms with Crippen LogP contribution in [0.1, 0.15) is 16.7 Å². The molecule has 5 rings (SSSR count). The molecule has 0 atom stereocenters. The van der Waals surface area contributed by atoms with Gasteiger partial charge < -0.3 is 10.2 Å². The van der Waals surface area contributed by atoms with E-state index in [2.05, 4.69) is 51.3 Å². The van der Waals surface area contributed by atoms with Gasteiger partial charge in [0.25, 0.3) is 0 Å². The number of aryl methyl sites for hydroxylation is 1. The summed E-state index contributed by atoms with van der Waals surface area (Å²) < 4.78 is 1.12. The van der Waals surface area contributed by atoms with Gasteiger partial charge >= 0.3 is 5.69 Å². The summed E-state index contributed by atoms with van der Waals surface area (Å²) >= 11 is 12.5. The number of H-pyrrole nitrogens is 1. The second kappa shape index (κ2) is 8.30. The normalized spacial score (nSPS) is 13.8. The highest BCUT2D eigenvalue weighted by molar-refractivity contribution is 6.37. The molecule has 0 aliphatic carbocycles. The first-order chi connectivity index (χ1) is 15.8. The highest BCUT2D eigenvalue weighted by Crippen LogP contribution is 2.28. The lowest BCUT2D eigenvalue weighted by molar-refractivity contribution is 0.312. The standard InChI is InChI=1S/C23H21Cl2N7O/c1-12-8-14(9-13-11-31(2)7-6-15(12)13)28-22-27-10-16-20(26)32(23(33)30-21(16)29-22)19-17(24)4-3-5-18(19)25/h3-5,8-10,26H,6-7,11H2,1-2H3,(H2,27,28,29,30,33). The van der Waals surface area contributed by atoms with E-state index in [-0.39, 0.29) is 26.9 Å². The summed E-state index contributed by atoms with van der Waals surface area (Å²) in [6.45, 7) is 4.06. The third-order valence-electron chi connectivity index (χ3n) is 5.86. The Bertz CT molecular complexity index is 1510. The van der Waals surface area contributed by atoms with Crippen LogP contribution in [-0.2, 0) is 13.0 Å². The van der Waals surface area contributed by atoms with Crippen LogP contribution in [-0.4, -0.2) is 38.0 Å². The van der Waals surface area contributed by atoms with Crippen LogP contribution in [0.2, 0.25) is 10.0 Å². The van der Waals surface area contributed by atoms with Gasteiger partial charge in [-0.3, -0.25) is 10.4 Å². The highest BCUT2D eigenvalue weighted by Gasteiger charge is 2.17. The van der Waals surface area contributed by atoms with Gasteiger partial charge in [0.1, 0.15) is 5.49 Å². The van der Waals surface area contributed by atoms with Gasteiger partial charge in [-0.05, 0) is 61.3 Å². The lowest BCUT2D eigenvalue weighted by Crippen LogP contribution is -2.34. The Morgan fingerprint density at radius 1 is 1.21 bits per heavy atom. The number of aromatic nitrogens is 4. The molecule has 0 amide bonds. The van der Waals surface area contributed by atoms with Crippen molar-refractivity contribution in [2.75, 3.05) is 18.9 Å². The summed E-state index contributed by atoms with van der Waals surface area (Å²) in [5.41, 5.74) is 4.59. The molecule has 3 N–H and O–H groups in total. The summed E-state index contributed by atoms with van der Waals surface area (Å²) in [4.78, 5) is 26.7. The first kappa shape index (κ1) is 21.6. The minimum atomic E-state index is -0.570. The second-order valence-electron chi connectivity index (χ2n) is 8.18. The average molecular weight is 482 g/mol. The SMILES string of the molecule is Cc1cc(Nc2ncc3c(=N)n(-c4c(Cl)cccc4Cl)c(=O)[nH]c3n2)cc2c1CCN(C)C2. The first-order valence-corrected chi connectivity index (χ1v) is 11.2. The van der Waals surface area contributed by atoms with Crippen LogP contribution in [0.25, 0.3) is 16.7 Å². The predicted molar refractivity (Wildman–Crippen MR) is 130 cm³/mol. The Morgan fingerprint density at radius 3 is 2.73 bits per heavy atom. The molecule has 1 aliphatic heterocycles. The molecule has 0 bridgehead atoms. The van der Waals surface area contributed by atoms with Gasteiger partial charge in [0, 0.05) is 25.0 Å².